The van der Waals surface area contributed by atoms with Crippen LogP contribution in [0.2, 0.25) is 0 Å². The van der Waals surface area contributed by atoms with Crippen LogP contribution >= 0.6 is 0 Å². The first-order chi connectivity index (χ1) is 8.25. The number of hydrogen-bond acceptors (Lipinski definition) is 2. The summed E-state index contributed by atoms with van der Waals surface area (Å²) in [4.78, 5) is 0. The number of ether oxygens (including phenoxy) is 1. The molecule has 1 aliphatic rings. The minimum atomic E-state index is 0.0772. The fraction of sp³-hybridized carbons (Fsp3) is 0.600. The van der Waals surface area contributed by atoms with Crippen LogP contribution in [-0.4, -0.2) is 6.61 Å². The number of benzene rings is 1. The molecule has 2 rings (SSSR count). The van der Waals surface area contributed by atoms with Crippen molar-refractivity contribution >= 4 is 0 Å². The molecule has 1 fully saturated rings. The van der Waals surface area contributed by atoms with Gasteiger partial charge >= 0.3 is 0 Å². The zero-order chi connectivity index (χ0) is 12.1. The molecule has 0 radical (unpaired) electrons. The molecule has 17 heavy (non-hydrogen) atoms. The Morgan fingerprint density at radius 2 is 2.12 bits per heavy atom. The van der Waals surface area contributed by atoms with Crippen LogP contribution < -0.4 is 10.5 Å². The highest BCUT2D eigenvalue weighted by atomic mass is 16.5. The van der Waals surface area contributed by atoms with Gasteiger partial charge in [-0.2, -0.15) is 0 Å². The van der Waals surface area contributed by atoms with Crippen LogP contribution in [0.4, 0.5) is 0 Å². The van der Waals surface area contributed by atoms with Gasteiger partial charge in [-0.25, -0.2) is 0 Å². The summed E-state index contributed by atoms with van der Waals surface area (Å²) in [5, 5.41) is 0. The lowest BCUT2D eigenvalue weighted by Gasteiger charge is -2.12. The fourth-order valence-corrected chi connectivity index (χ4v) is 2.53. The second-order valence-corrected chi connectivity index (χ2v) is 5.15. The highest BCUT2D eigenvalue weighted by molar-refractivity contribution is 5.30. The summed E-state index contributed by atoms with van der Waals surface area (Å²) in [6.07, 6.45) is 6.80. The van der Waals surface area contributed by atoms with Gasteiger partial charge in [0, 0.05) is 6.04 Å². The largest absolute Gasteiger partial charge is 0.494 e. The first kappa shape index (κ1) is 12.4. The Morgan fingerprint density at radius 3 is 2.82 bits per heavy atom. The zero-order valence-corrected chi connectivity index (χ0v) is 10.7. The molecule has 0 spiro atoms. The van der Waals surface area contributed by atoms with Gasteiger partial charge in [0.2, 0.25) is 0 Å². The maximum Gasteiger partial charge on any atom is 0.119 e. The Labute approximate surface area is 104 Å². The van der Waals surface area contributed by atoms with E-state index in [-0.39, 0.29) is 6.04 Å². The summed E-state index contributed by atoms with van der Waals surface area (Å²) < 4.78 is 5.80. The van der Waals surface area contributed by atoms with Crippen LogP contribution in [0.15, 0.2) is 24.3 Å². The molecule has 1 saturated carbocycles. The van der Waals surface area contributed by atoms with Gasteiger partial charge in [0.25, 0.3) is 0 Å². The second kappa shape index (κ2) is 6.06. The van der Waals surface area contributed by atoms with Gasteiger partial charge in [-0.05, 0) is 37.0 Å². The molecule has 0 aromatic heterocycles. The van der Waals surface area contributed by atoms with Crippen molar-refractivity contribution in [1.29, 1.82) is 0 Å². The Bertz CT molecular complexity index is 343. The van der Waals surface area contributed by atoms with Crippen LogP contribution in [0.5, 0.6) is 5.75 Å². The first-order valence-electron chi connectivity index (χ1n) is 6.74. The van der Waals surface area contributed by atoms with E-state index in [0.717, 1.165) is 23.8 Å². The van der Waals surface area contributed by atoms with Gasteiger partial charge in [-0.15, -0.1) is 0 Å². The van der Waals surface area contributed by atoms with Crippen molar-refractivity contribution in [3.05, 3.63) is 29.8 Å². The van der Waals surface area contributed by atoms with Crippen LogP contribution in [0.3, 0.4) is 0 Å². The van der Waals surface area contributed by atoms with Crippen molar-refractivity contribution in [2.24, 2.45) is 11.7 Å². The quantitative estimate of drug-likeness (QED) is 0.842. The summed E-state index contributed by atoms with van der Waals surface area (Å²) >= 11 is 0. The van der Waals surface area contributed by atoms with E-state index >= 15 is 0 Å². The van der Waals surface area contributed by atoms with E-state index in [9.17, 15) is 0 Å². The first-order valence-corrected chi connectivity index (χ1v) is 6.74. The monoisotopic (exact) mass is 233 g/mol. The zero-order valence-electron chi connectivity index (χ0n) is 10.7. The highest BCUT2D eigenvalue weighted by Gasteiger charge is 2.14. The highest BCUT2D eigenvalue weighted by Crippen LogP contribution is 2.27. The molecular formula is C15H23NO. The number of hydrogen-bond donors (Lipinski definition) is 1. The topological polar surface area (TPSA) is 35.2 Å². The van der Waals surface area contributed by atoms with Gasteiger partial charge in [0.1, 0.15) is 5.75 Å². The van der Waals surface area contributed by atoms with Gasteiger partial charge in [-0.3, -0.25) is 0 Å². The molecule has 0 bridgehead atoms. The molecule has 1 aromatic rings. The minimum Gasteiger partial charge on any atom is -0.494 e. The summed E-state index contributed by atoms with van der Waals surface area (Å²) in [6, 6.07) is 8.21. The van der Waals surface area contributed by atoms with Crippen LogP contribution in [-0.2, 0) is 0 Å². The van der Waals surface area contributed by atoms with E-state index in [2.05, 4.69) is 12.1 Å². The van der Waals surface area contributed by atoms with Crippen molar-refractivity contribution in [2.45, 2.75) is 45.1 Å². The van der Waals surface area contributed by atoms with Crippen molar-refractivity contribution in [3.8, 4) is 5.75 Å². The van der Waals surface area contributed by atoms with Crippen molar-refractivity contribution in [2.75, 3.05) is 6.61 Å². The van der Waals surface area contributed by atoms with Gasteiger partial charge in [0.15, 0.2) is 0 Å². The molecule has 1 atom stereocenters. The maximum absolute atomic E-state index is 5.86. The summed E-state index contributed by atoms with van der Waals surface area (Å²) in [5.41, 5.74) is 7.00. The smallest absolute Gasteiger partial charge is 0.119 e. The van der Waals surface area contributed by atoms with E-state index in [4.69, 9.17) is 10.5 Å². The molecule has 0 unspecified atom stereocenters. The molecular weight excluding hydrogens is 210 g/mol. The Kier molecular flexibility index (Phi) is 4.43. The summed E-state index contributed by atoms with van der Waals surface area (Å²) in [6.45, 7) is 2.84. The third kappa shape index (κ3) is 3.74. The molecule has 94 valence electrons. The van der Waals surface area contributed by atoms with Gasteiger partial charge < -0.3 is 10.5 Å². The number of nitrogens with two attached hydrogens (primary N) is 1. The Hall–Kier alpha value is -1.02. The lowest BCUT2D eigenvalue weighted by molar-refractivity contribution is 0.279. The Balaban J connectivity index is 1.79. The van der Waals surface area contributed by atoms with E-state index in [0.29, 0.717) is 0 Å². The number of rotatable bonds is 5. The standard InChI is InChI=1S/C15H23NO/c1-12(16)14-7-4-8-15(11-14)17-10-9-13-5-2-3-6-13/h4,7-8,11-13H,2-3,5-6,9-10,16H2,1H3/t12-/m0/s1. The Morgan fingerprint density at radius 1 is 1.35 bits per heavy atom. The van der Waals surface area contributed by atoms with Gasteiger partial charge in [-0.1, -0.05) is 37.8 Å². The van der Waals surface area contributed by atoms with Crippen LogP contribution in [0, 0.1) is 5.92 Å². The molecule has 1 aromatic carbocycles. The van der Waals surface area contributed by atoms with Crippen molar-refractivity contribution < 1.29 is 4.74 Å². The van der Waals surface area contributed by atoms with Crippen LogP contribution in [0.25, 0.3) is 0 Å². The van der Waals surface area contributed by atoms with E-state index < -0.39 is 0 Å². The lowest BCUT2D eigenvalue weighted by Crippen LogP contribution is -2.06. The third-order valence-corrected chi connectivity index (χ3v) is 3.65. The van der Waals surface area contributed by atoms with Gasteiger partial charge in [0.05, 0.1) is 6.61 Å². The minimum absolute atomic E-state index is 0.0772. The van der Waals surface area contributed by atoms with E-state index in [1.807, 2.05) is 19.1 Å². The lowest BCUT2D eigenvalue weighted by atomic mass is 10.1. The van der Waals surface area contributed by atoms with E-state index in [1.54, 1.807) is 0 Å². The van der Waals surface area contributed by atoms with Crippen molar-refractivity contribution in [1.82, 2.24) is 0 Å². The molecule has 0 aliphatic heterocycles. The summed E-state index contributed by atoms with van der Waals surface area (Å²) in [5.74, 6) is 1.85. The average molecular weight is 233 g/mol. The van der Waals surface area contributed by atoms with E-state index in [1.165, 1.54) is 32.1 Å². The summed E-state index contributed by atoms with van der Waals surface area (Å²) in [7, 11) is 0. The van der Waals surface area contributed by atoms with Crippen LogP contribution in [0.1, 0.15) is 50.6 Å². The molecule has 2 N–H and O–H groups in total. The SMILES string of the molecule is C[C@H](N)c1cccc(OCCC2CCCC2)c1. The molecule has 1 aliphatic carbocycles. The fourth-order valence-electron chi connectivity index (χ4n) is 2.53. The normalized spacial score (nSPS) is 18.2. The molecule has 2 nitrogen and oxygen atoms in total. The predicted molar refractivity (Wildman–Crippen MR) is 71.1 cm³/mol. The molecule has 2 heteroatoms. The third-order valence-electron chi connectivity index (χ3n) is 3.65. The molecule has 0 amide bonds. The average Bonchev–Trinajstić information content (AvgIpc) is 2.82. The molecule has 0 heterocycles. The van der Waals surface area contributed by atoms with Crippen molar-refractivity contribution in [3.63, 3.8) is 0 Å². The maximum atomic E-state index is 5.86. The predicted octanol–water partition coefficient (Wildman–Crippen LogP) is 3.67. The molecule has 0 saturated heterocycles. The second-order valence-electron chi connectivity index (χ2n) is 5.15.